The van der Waals surface area contributed by atoms with Crippen molar-refractivity contribution in [1.82, 2.24) is 29.9 Å². The van der Waals surface area contributed by atoms with E-state index in [4.69, 9.17) is 0 Å². The number of pyridine rings is 1. The maximum absolute atomic E-state index is 12.3. The van der Waals surface area contributed by atoms with E-state index in [2.05, 4.69) is 15.4 Å². The highest BCUT2D eigenvalue weighted by atomic mass is 16.2. The minimum atomic E-state index is -0.794. The van der Waals surface area contributed by atoms with Gasteiger partial charge < -0.3 is 10.2 Å². The molecule has 26 heavy (non-hydrogen) atoms. The first-order valence-corrected chi connectivity index (χ1v) is 8.32. The summed E-state index contributed by atoms with van der Waals surface area (Å²) < 4.78 is 1.73. The summed E-state index contributed by atoms with van der Waals surface area (Å²) in [7, 11) is 1.84. The van der Waals surface area contributed by atoms with Crippen LogP contribution in [0.1, 0.15) is 12.5 Å². The predicted octanol–water partition coefficient (Wildman–Crippen LogP) is 0.382. The van der Waals surface area contributed by atoms with Gasteiger partial charge >= 0.3 is 17.8 Å². The molecule has 1 fully saturated rings. The molecule has 9 nitrogen and oxygen atoms in total. The number of urea groups is 1. The number of nitrogens with zero attached hydrogens (tertiary/aromatic N) is 5. The molecule has 0 aromatic carbocycles. The maximum atomic E-state index is 12.3. The van der Waals surface area contributed by atoms with E-state index >= 15 is 0 Å². The lowest BCUT2D eigenvalue weighted by Gasteiger charge is -2.31. The Kier molecular flexibility index (Phi) is 4.97. The second-order valence-corrected chi connectivity index (χ2v) is 5.92. The van der Waals surface area contributed by atoms with E-state index in [0.29, 0.717) is 13.1 Å². The first-order valence-electron chi connectivity index (χ1n) is 8.32. The van der Waals surface area contributed by atoms with Gasteiger partial charge in [-0.3, -0.25) is 24.2 Å². The van der Waals surface area contributed by atoms with Gasteiger partial charge in [-0.1, -0.05) is 0 Å². The molecule has 0 aliphatic carbocycles. The molecule has 9 heteroatoms. The fourth-order valence-corrected chi connectivity index (χ4v) is 2.82. The minimum absolute atomic E-state index is 0.192. The number of piperazine rings is 1. The van der Waals surface area contributed by atoms with Gasteiger partial charge in [-0.05, 0) is 24.6 Å². The average molecular weight is 356 g/mol. The summed E-state index contributed by atoms with van der Waals surface area (Å²) in [6.07, 6.45) is 5.05. The Morgan fingerprint density at radius 2 is 2.04 bits per heavy atom. The van der Waals surface area contributed by atoms with E-state index in [1.54, 1.807) is 30.2 Å². The molecule has 136 valence electrons. The number of amides is 4. The van der Waals surface area contributed by atoms with Crippen LogP contribution in [0.25, 0.3) is 11.3 Å². The number of carbonyl (C=O) groups is 3. The topological polar surface area (TPSA) is 100 Å². The zero-order chi connectivity index (χ0) is 18.7. The first-order chi connectivity index (χ1) is 12.5. The Morgan fingerprint density at radius 1 is 1.23 bits per heavy atom. The smallest absolute Gasteiger partial charge is 0.324 e. The molecular weight excluding hydrogens is 336 g/mol. The number of rotatable bonds is 4. The van der Waals surface area contributed by atoms with E-state index in [1.807, 2.05) is 19.2 Å². The molecule has 1 aliphatic rings. The van der Waals surface area contributed by atoms with Crippen molar-refractivity contribution in [2.75, 3.05) is 19.6 Å². The molecule has 2 aromatic rings. The van der Waals surface area contributed by atoms with Crippen molar-refractivity contribution in [3.05, 3.63) is 36.3 Å². The summed E-state index contributed by atoms with van der Waals surface area (Å²) >= 11 is 0. The van der Waals surface area contributed by atoms with Gasteiger partial charge in [-0.2, -0.15) is 5.10 Å². The molecule has 0 spiro atoms. The number of imide groups is 1. The zero-order valence-electron chi connectivity index (χ0n) is 14.7. The van der Waals surface area contributed by atoms with Crippen molar-refractivity contribution in [2.24, 2.45) is 7.05 Å². The van der Waals surface area contributed by atoms with Crippen LogP contribution in [0.2, 0.25) is 0 Å². The van der Waals surface area contributed by atoms with Gasteiger partial charge in [0.05, 0.1) is 5.69 Å². The van der Waals surface area contributed by atoms with Gasteiger partial charge in [0.2, 0.25) is 0 Å². The lowest BCUT2D eigenvalue weighted by atomic mass is 10.1. The molecule has 3 rings (SSSR count). The number of likely N-dealkylation sites (N-methyl/N-ethyl adjacent to an activating group) is 1. The second kappa shape index (κ2) is 7.34. The van der Waals surface area contributed by atoms with Crippen molar-refractivity contribution in [1.29, 1.82) is 0 Å². The van der Waals surface area contributed by atoms with Gasteiger partial charge in [-0.25, -0.2) is 4.79 Å². The Balaban J connectivity index is 1.64. The lowest BCUT2D eigenvalue weighted by Crippen LogP contribution is -2.58. The zero-order valence-corrected chi connectivity index (χ0v) is 14.7. The first kappa shape index (κ1) is 17.6. The van der Waals surface area contributed by atoms with E-state index in [1.165, 1.54) is 4.90 Å². The molecule has 1 N–H and O–H groups in total. The fourth-order valence-electron chi connectivity index (χ4n) is 2.82. The van der Waals surface area contributed by atoms with Gasteiger partial charge in [0, 0.05) is 57.4 Å². The van der Waals surface area contributed by atoms with Crippen molar-refractivity contribution in [3.8, 4) is 11.3 Å². The Labute approximate surface area is 150 Å². The van der Waals surface area contributed by atoms with Crippen molar-refractivity contribution >= 4 is 17.8 Å². The quantitative estimate of drug-likeness (QED) is 0.799. The summed E-state index contributed by atoms with van der Waals surface area (Å²) in [4.78, 5) is 42.8. The minimum Gasteiger partial charge on any atom is -0.333 e. The van der Waals surface area contributed by atoms with E-state index in [9.17, 15) is 14.4 Å². The largest absolute Gasteiger partial charge is 0.333 e. The predicted molar refractivity (Wildman–Crippen MR) is 92.6 cm³/mol. The van der Waals surface area contributed by atoms with Crippen LogP contribution in [0, 0.1) is 0 Å². The highest BCUT2D eigenvalue weighted by molar-refractivity contribution is 6.38. The third-order valence-electron chi connectivity index (χ3n) is 4.29. The average Bonchev–Trinajstić information content (AvgIpc) is 3.08. The molecule has 3 heterocycles. The van der Waals surface area contributed by atoms with Crippen LogP contribution in [0.4, 0.5) is 4.79 Å². The van der Waals surface area contributed by atoms with Crippen LogP contribution in [-0.4, -0.2) is 62.0 Å². The molecule has 0 bridgehead atoms. The number of hydrogen-bond donors (Lipinski definition) is 1. The number of aromatic nitrogens is 3. The van der Waals surface area contributed by atoms with Crippen LogP contribution < -0.4 is 5.32 Å². The van der Waals surface area contributed by atoms with Crippen LogP contribution in [0.3, 0.4) is 0 Å². The van der Waals surface area contributed by atoms with Crippen LogP contribution >= 0.6 is 0 Å². The molecule has 0 unspecified atom stereocenters. The SMILES string of the molecule is CCN1CCN(C(=O)NCc2cncc(-c3ccnn3C)c2)C(=O)C1=O. The molecule has 0 saturated carbocycles. The molecule has 1 saturated heterocycles. The summed E-state index contributed by atoms with van der Waals surface area (Å²) in [6.45, 7) is 2.99. The summed E-state index contributed by atoms with van der Waals surface area (Å²) in [5.74, 6) is -1.44. The molecule has 0 radical (unpaired) electrons. The number of hydrogen-bond acceptors (Lipinski definition) is 5. The molecule has 0 atom stereocenters. The van der Waals surface area contributed by atoms with E-state index < -0.39 is 17.8 Å². The maximum Gasteiger partial charge on any atom is 0.324 e. The molecule has 4 amide bonds. The molecule has 1 aliphatic heterocycles. The summed E-state index contributed by atoms with van der Waals surface area (Å²) in [5.41, 5.74) is 2.56. The van der Waals surface area contributed by atoms with Gasteiger partial charge in [0.25, 0.3) is 0 Å². The second-order valence-electron chi connectivity index (χ2n) is 5.92. The number of nitrogens with one attached hydrogen (secondary N) is 1. The van der Waals surface area contributed by atoms with Crippen LogP contribution in [-0.2, 0) is 23.2 Å². The Morgan fingerprint density at radius 3 is 2.73 bits per heavy atom. The lowest BCUT2D eigenvalue weighted by molar-refractivity contribution is -0.153. The Hall–Kier alpha value is -3.23. The summed E-state index contributed by atoms with van der Waals surface area (Å²) in [6, 6.07) is 3.19. The van der Waals surface area contributed by atoms with Gasteiger partial charge in [-0.15, -0.1) is 0 Å². The van der Waals surface area contributed by atoms with E-state index in [0.717, 1.165) is 21.7 Å². The monoisotopic (exact) mass is 356 g/mol. The number of carbonyl (C=O) groups excluding carboxylic acids is 3. The van der Waals surface area contributed by atoms with Crippen molar-refractivity contribution < 1.29 is 14.4 Å². The number of aryl methyl sites for hydroxylation is 1. The summed E-state index contributed by atoms with van der Waals surface area (Å²) in [5, 5.41) is 6.80. The standard InChI is InChI=1S/C17H20N6O3/c1-3-22-6-7-23(16(25)15(22)24)17(26)19-10-12-8-13(11-18-9-12)14-4-5-20-21(14)2/h4-5,8-9,11H,3,6-7,10H2,1-2H3,(H,19,26). The van der Waals surface area contributed by atoms with Crippen LogP contribution in [0.5, 0.6) is 0 Å². The fraction of sp³-hybridized carbons (Fsp3) is 0.353. The van der Waals surface area contributed by atoms with Gasteiger partial charge in [0.1, 0.15) is 0 Å². The highest BCUT2D eigenvalue weighted by Crippen LogP contribution is 2.18. The van der Waals surface area contributed by atoms with Crippen LogP contribution in [0.15, 0.2) is 30.7 Å². The normalized spacial score (nSPS) is 14.7. The highest BCUT2D eigenvalue weighted by Gasteiger charge is 2.35. The Bertz CT molecular complexity index is 847. The molecule has 2 aromatic heterocycles. The third kappa shape index (κ3) is 3.41. The third-order valence-corrected chi connectivity index (χ3v) is 4.29. The van der Waals surface area contributed by atoms with Gasteiger partial charge in [0.15, 0.2) is 0 Å². The van der Waals surface area contributed by atoms with E-state index in [-0.39, 0.29) is 13.1 Å². The molecular formula is C17H20N6O3. The van der Waals surface area contributed by atoms with Crippen molar-refractivity contribution in [2.45, 2.75) is 13.5 Å². The van der Waals surface area contributed by atoms with Crippen molar-refractivity contribution in [3.63, 3.8) is 0 Å².